The van der Waals surface area contributed by atoms with Crippen LogP contribution in [-0.2, 0) is 14.4 Å². The number of benzene rings is 1. The van der Waals surface area contributed by atoms with Gasteiger partial charge in [-0.1, -0.05) is 38.0 Å². The average Bonchev–Trinajstić information content (AvgIpc) is 3.36. The molecule has 4 rings (SSSR count). The summed E-state index contributed by atoms with van der Waals surface area (Å²) < 4.78 is -0.988. The fourth-order valence-electron chi connectivity index (χ4n) is 6.03. The SMILES string of the molecule is CCCCCNC(=O)C1N(CCCO)C(=O)[C@@H]2[C@@H](C(=O)Nc3ccccc3)[C@@]3(C)CCC12S3. The molecule has 0 radical (unpaired) electrons. The highest BCUT2D eigenvalue weighted by atomic mass is 32.2. The Labute approximate surface area is 200 Å². The van der Waals surface area contributed by atoms with Crippen LogP contribution in [0.15, 0.2) is 30.3 Å². The number of amides is 3. The molecule has 2 unspecified atom stereocenters. The van der Waals surface area contributed by atoms with Crippen LogP contribution >= 0.6 is 11.8 Å². The summed E-state index contributed by atoms with van der Waals surface area (Å²) >= 11 is 1.67. The number of nitrogens with zero attached hydrogens (tertiary/aromatic N) is 1. The Balaban J connectivity index is 1.63. The van der Waals surface area contributed by atoms with Gasteiger partial charge in [0.25, 0.3) is 0 Å². The molecule has 3 N–H and O–H groups in total. The zero-order valence-corrected chi connectivity index (χ0v) is 20.3. The third-order valence-corrected chi connectivity index (χ3v) is 9.47. The van der Waals surface area contributed by atoms with Crippen LogP contribution in [0.1, 0.15) is 52.4 Å². The molecule has 0 aliphatic carbocycles. The number of para-hydroxylation sites is 1. The Kier molecular flexibility index (Phi) is 7.05. The van der Waals surface area contributed by atoms with Gasteiger partial charge in [0.15, 0.2) is 0 Å². The van der Waals surface area contributed by atoms with E-state index in [1.807, 2.05) is 30.3 Å². The molecule has 3 aliphatic rings. The van der Waals surface area contributed by atoms with Crippen molar-refractivity contribution in [2.75, 3.05) is 25.0 Å². The van der Waals surface area contributed by atoms with Crippen LogP contribution in [0.2, 0.25) is 0 Å². The summed E-state index contributed by atoms with van der Waals surface area (Å²) in [5, 5.41) is 15.5. The second-order valence-electron chi connectivity index (χ2n) is 9.69. The predicted octanol–water partition coefficient (Wildman–Crippen LogP) is 2.80. The van der Waals surface area contributed by atoms with Crippen LogP contribution in [0, 0.1) is 11.8 Å². The number of aliphatic hydroxyl groups excluding tert-OH is 1. The molecule has 3 fully saturated rings. The van der Waals surface area contributed by atoms with Crippen LogP contribution in [0.4, 0.5) is 5.69 Å². The van der Waals surface area contributed by atoms with Crippen LogP contribution in [0.25, 0.3) is 0 Å². The fraction of sp³-hybridized carbons (Fsp3) is 0.640. The van der Waals surface area contributed by atoms with E-state index in [-0.39, 0.29) is 29.1 Å². The van der Waals surface area contributed by atoms with Gasteiger partial charge in [-0.05, 0) is 44.7 Å². The number of carbonyl (C=O) groups is 3. The maximum atomic E-state index is 13.7. The van der Waals surface area contributed by atoms with E-state index in [1.165, 1.54) is 0 Å². The van der Waals surface area contributed by atoms with E-state index in [9.17, 15) is 19.5 Å². The Bertz CT molecular complexity index is 897. The minimum Gasteiger partial charge on any atom is -0.396 e. The predicted molar refractivity (Wildman–Crippen MR) is 130 cm³/mol. The Hall–Kier alpha value is -2.06. The Morgan fingerprint density at radius 3 is 2.61 bits per heavy atom. The molecule has 180 valence electrons. The normalized spacial score (nSPS) is 32.2. The van der Waals surface area contributed by atoms with Crippen molar-refractivity contribution in [2.24, 2.45) is 11.8 Å². The molecular weight excluding hydrogens is 438 g/mol. The molecule has 3 saturated heterocycles. The number of thioether (sulfide) groups is 1. The lowest BCUT2D eigenvalue weighted by molar-refractivity contribution is -0.139. The second kappa shape index (κ2) is 9.66. The Morgan fingerprint density at radius 1 is 1.15 bits per heavy atom. The van der Waals surface area contributed by atoms with E-state index in [1.54, 1.807) is 16.7 Å². The molecule has 8 heteroatoms. The van der Waals surface area contributed by atoms with Gasteiger partial charge in [-0.15, -0.1) is 11.8 Å². The van der Waals surface area contributed by atoms with Gasteiger partial charge in [0.2, 0.25) is 17.7 Å². The molecule has 1 aromatic carbocycles. The lowest BCUT2D eigenvalue weighted by Crippen LogP contribution is -2.54. The van der Waals surface area contributed by atoms with Crippen LogP contribution in [0.5, 0.6) is 0 Å². The number of likely N-dealkylation sites (tertiary alicyclic amines) is 1. The summed E-state index contributed by atoms with van der Waals surface area (Å²) in [6, 6.07) is 8.70. The molecule has 3 aliphatic heterocycles. The molecule has 0 saturated carbocycles. The van der Waals surface area contributed by atoms with E-state index in [0.29, 0.717) is 25.2 Å². The summed E-state index contributed by atoms with van der Waals surface area (Å²) in [5.41, 5.74) is 0.709. The standard InChI is InChI=1S/C25H35N3O4S/c1-3-4-8-14-26-22(31)20-25-13-12-24(2,33-25)18(19(25)23(32)28(20)15-9-16-29)21(30)27-17-10-6-5-7-11-17/h5-7,10-11,18-20,29H,3-4,8-9,12-16H2,1-2H3,(H,26,31)(H,27,30)/t18-,19-,20?,24+,25?/m0/s1. The summed E-state index contributed by atoms with van der Waals surface area (Å²) in [7, 11) is 0. The van der Waals surface area contributed by atoms with Gasteiger partial charge in [-0.25, -0.2) is 0 Å². The number of hydrogen-bond donors (Lipinski definition) is 3. The van der Waals surface area contributed by atoms with Crippen molar-refractivity contribution in [2.45, 2.75) is 67.9 Å². The van der Waals surface area contributed by atoms with Gasteiger partial charge in [0.05, 0.1) is 16.6 Å². The molecule has 2 bridgehead atoms. The zero-order chi connectivity index (χ0) is 23.6. The highest BCUT2D eigenvalue weighted by Gasteiger charge is 2.76. The van der Waals surface area contributed by atoms with Crippen molar-refractivity contribution >= 4 is 35.2 Å². The van der Waals surface area contributed by atoms with E-state index in [0.717, 1.165) is 32.1 Å². The average molecular weight is 474 g/mol. The number of aliphatic hydroxyl groups is 1. The molecule has 3 amide bonds. The van der Waals surface area contributed by atoms with Crippen molar-refractivity contribution in [3.63, 3.8) is 0 Å². The Morgan fingerprint density at radius 2 is 1.91 bits per heavy atom. The molecule has 3 heterocycles. The van der Waals surface area contributed by atoms with Gasteiger partial charge in [0, 0.05) is 30.1 Å². The monoisotopic (exact) mass is 473 g/mol. The first-order valence-electron chi connectivity index (χ1n) is 12.1. The number of anilines is 1. The lowest BCUT2D eigenvalue weighted by atomic mass is 9.66. The van der Waals surface area contributed by atoms with E-state index >= 15 is 0 Å². The fourth-order valence-corrected chi connectivity index (χ4v) is 8.39. The van der Waals surface area contributed by atoms with Crippen LogP contribution < -0.4 is 10.6 Å². The number of rotatable bonds is 10. The van der Waals surface area contributed by atoms with Gasteiger partial charge in [0.1, 0.15) is 6.04 Å². The van der Waals surface area contributed by atoms with Crippen molar-refractivity contribution in [1.82, 2.24) is 10.2 Å². The molecule has 5 atom stereocenters. The topological polar surface area (TPSA) is 98.7 Å². The van der Waals surface area contributed by atoms with Crippen LogP contribution in [-0.4, -0.2) is 63.0 Å². The number of unbranched alkanes of at least 4 members (excludes halogenated alkanes) is 2. The number of hydrogen-bond acceptors (Lipinski definition) is 5. The molecule has 1 aromatic rings. The summed E-state index contributed by atoms with van der Waals surface area (Å²) in [5.74, 6) is -1.43. The van der Waals surface area contributed by atoms with Gasteiger partial charge >= 0.3 is 0 Å². The van der Waals surface area contributed by atoms with Crippen molar-refractivity contribution < 1.29 is 19.5 Å². The summed E-state index contributed by atoms with van der Waals surface area (Å²) in [4.78, 5) is 42.3. The zero-order valence-electron chi connectivity index (χ0n) is 19.5. The van der Waals surface area contributed by atoms with Crippen molar-refractivity contribution in [3.8, 4) is 0 Å². The van der Waals surface area contributed by atoms with E-state index in [4.69, 9.17) is 0 Å². The lowest BCUT2D eigenvalue weighted by Gasteiger charge is -2.34. The summed E-state index contributed by atoms with van der Waals surface area (Å²) in [6.45, 7) is 5.06. The maximum absolute atomic E-state index is 13.7. The summed E-state index contributed by atoms with van der Waals surface area (Å²) in [6.07, 6.45) is 4.96. The number of fused-ring (bicyclic) bond motifs is 1. The van der Waals surface area contributed by atoms with Crippen molar-refractivity contribution in [1.29, 1.82) is 0 Å². The van der Waals surface area contributed by atoms with Crippen molar-refractivity contribution in [3.05, 3.63) is 30.3 Å². The highest BCUT2D eigenvalue weighted by Crippen LogP contribution is 2.71. The molecule has 0 aromatic heterocycles. The highest BCUT2D eigenvalue weighted by molar-refractivity contribution is 8.02. The number of carbonyl (C=O) groups excluding carboxylic acids is 3. The first-order valence-corrected chi connectivity index (χ1v) is 12.9. The first-order chi connectivity index (χ1) is 15.9. The number of nitrogens with one attached hydrogen (secondary N) is 2. The van der Waals surface area contributed by atoms with Gasteiger partial charge in [-0.2, -0.15) is 0 Å². The van der Waals surface area contributed by atoms with Gasteiger partial charge in [-0.3, -0.25) is 14.4 Å². The van der Waals surface area contributed by atoms with Crippen LogP contribution in [0.3, 0.4) is 0 Å². The quantitative estimate of drug-likeness (QED) is 0.454. The minimum absolute atomic E-state index is 0.0466. The molecule has 33 heavy (non-hydrogen) atoms. The largest absolute Gasteiger partial charge is 0.396 e. The minimum atomic E-state index is -0.607. The smallest absolute Gasteiger partial charge is 0.244 e. The second-order valence-corrected chi connectivity index (χ2v) is 11.6. The first kappa shape index (κ1) is 24.1. The van der Waals surface area contributed by atoms with Gasteiger partial charge < -0.3 is 20.6 Å². The third kappa shape index (κ3) is 4.16. The third-order valence-electron chi connectivity index (χ3n) is 7.49. The molecule has 7 nitrogen and oxygen atoms in total. The molecular formula is C25H35N3O4S. The van der Waals surface area contributed by atoms with E-state index < -0.39 is 22.6 Å². The molecule has 1 spiro atoms. The maximum Gasteiger partial charge on any atom is 0.244 e. The van der Waals surface area contributed by atoms with E-state index in [2.05, 4.69) is 24.5 Å².